The second-order valence-corrected chi connectivity index (χ2v) is 2.80. The smallest absolute Gasteiger partial charge is 0.162 e. The summed E-state index contributed by atoms with van der Waals surface area (Å²) in [5, 5.41) is 3.14. The summed E-state index contributed by atoms with van der Waals surface area (Å²) in [6.07, 6.45) is 7.79. The molecule has 0 saturated heterocycles. The summed E-state index contributed by atoms with van der Waals surface area (Å²) >= 11 is 0. The lowest BCUT2D eigenvalue weighted by Gasteiger charge is -2.02. The molecule has 0 fully saturated rings. The molecule has 0 bridgehead atoms. The van der Waals surface area contributed by atoms with Crippen molar-refractivity contribution in [3.8, 4) is 0 Å². The number of allylic oxidation sites excluding steroid dienone is 5. The van der Waals surface area contributed by atoms with Gasteiger partial charge in [0, 0.05) is 5.57 Å². The van der Waals surface area contributed by atoms with E-state index in [0.29, 0.717) is 5.57 Å². The highest BCUT2D eigenvalue weighted by Gasteiger charge is 2.06. The third-order valence-electron chi connectivity index (χ3n) is 1.65. The van der Waals surface area contributed by atoms with E-state index in [0.717, 1.165) is 12.0 Å². The first-order chi connectivity index (χ1) is 6.67. The van der Waals surface area contributed by atoms with Gasteiger partial charge in [-0.25, -0.2) is 5.53 Å². The van der Waals surface area contributed by atoms with Crippen molar-refractivity contribution in [3.63, 3.8) is 0 Å². The van der Waals surface area contributed by atoms with E-state index in [-0.39, 0.29) is 5.78 Å². The van der Waals surface area contributed by atoms with Gasteiger partial charge in [0.25, 0.3) is 0 Å². The minimum absolute atomic E-state index is 0.0706. The van der Waals surface area contributed by atoms with Crippen molar-refractivity contribution < 1.29 is 4.79 Å². The van der Waals surface area contributed by atoms with Crippen molar-refractivity contribution in [3.05, 3.63) is 35.6 Å². The van der Waals surface area contributed by atoms with Crippen LogP contribution in [0.4, 0.5) is 0 Å². The number of hydrogen-bond donors (Lipinski definition) is 1. The number of ketones is 1. The maximum Gasteiger partial charge on any atom is 0.162 e. The molecule has 0 atom stereocenters. The van der Waals surface area contributed by atoms with Gasteiger partial charge in [0.1, 0.15) is 0 Å². The van der Waals surface area contributed by atoms with E-state index in [4.69, 9.17) is 5.53 Å². The topological polar surface area (TPSA) is 53.3 Å². The number of rotatable bonds is 5. The predicted molar refractivity (Wildman–Crippen MR) is 57.1 cm³/mol. The number of carbonyl (C=O) groups is 1. The number of nitrogens with zero attached hydrogens (tertiary/aromatic N) is 1. The Balaban J connectivity index is 5.13. The zero-order valence-electron chi connectivity index (χ0n) is 8.87. The Morgan fingerprint density at radius 1 is 1.50 bits per heavy atom. The molecule has 3 heteroatoms. The van der Waals surface area contributed by atoms with Gasteiger partial charge in [0.2, 0.25) is 0 Å². The summed E-state index contributed by atoms with van der Waals surface area (Å²) in [4.78, 5) is 11.2. The molecule has 0 saturated carbocycles. The van der Waals surface area contributed by atoms with Crippen LogP contribution in [0.1, 0.15) is 27.2 Å². The molecule has 0 unspecified atom stereocenters. The highest BCUT2D eigenvalue weighted by Crippen LogP contribution is 2.14. The van der Waals surface area contributed by atoms with Crippen LogP contribution in [-0.2, 0) is 4.79 Å². The van der Waals surface area contributed by atoms with Crippen LogP contribution in [0.25, 0.3) is 0 Å². The quantitative estimate of drug-likeness (QED) is 0.405. The van der Waals surface area contributed by atoms with Gasteiger partial charge in [-0.1, -0.05) is 25.2 Å². The number of nitrogens with one attached hydrogen (secondary N) is 1. The lowest BCUT2D eigenvalue weighted by atomic mass is 10.0. The van der Waals surface area contributed by atoms with Gasteiger partial charge >= 0.3 is 0 Å². The van der Waals surface area contributed by atoms with Gasteiger partial charge in [0.05, 0.1) is 6.20 Å². The highest BCUT2D eigenvalue weighted by atomic mass is 16.1. The summed E-state index contributed by atoms with van der Waals surface area (Å²) in [5.41, 5.74) is 8.05. The Kier molecular flexibility index (Phi) is 6.20. The first-order valence-corrected chi connectivity index (χ1v) is 4.58. The predicted octanol–water partition coefficient (Wildman–Crippen LogP) is 3.40. The van der Waals surface area contributed by atoms with Crippen molar-refractivity contribution in [2.75, 3.05) is 0 Å². The third kappa shape index (κ3) is 3.94. The van der Waals surface area contributed by atoms with Crippen molar-refractivity contribution in [2.45, 2.75) is 27.2 Å². The summed E-state index contributed by atoms with van der Waals surface area (Å²) in [6.45, 7) is 5.36. The lowest BCUT2D eigenvalue weighted by molar-refractivity contribution is -0.113. The Morgan fingerprint density at radius 2 is 2.14 bits per heavy atom. The molecule has 0 radical (unpaired) electrons. The molecule has 0 spiro atoms. The Morgan fingerprint density at radius 3 is 2.50 bits per heavy atom. The maximum absolute atomic E-state index is 11.2. The second kappa shape index (κ2) is 6.95. The van der Waals surface area contributed by atoms with Gasteiger partial charge < -0.3 is 0 Å². The minimum atomic E-state index is -0.0706. The first-order valence-electron chi connectivity index (χ1n) is 4.58. The van der Waals surface area contributed by atoms with E-state index in [1.165, 1.54) is 13.1 Å². The van der Waals surface area contributed by atoms with Gasteiger partial charge in [-0.3, -0.25) is 4.79 Å². The van der Waals surface area contributed by atoms with E-state index in [1.807, 2.05) is 32.1 Å². The highest BCUT2D eigenvalue weighted by molar-refractivity contribution is 5.98. The fraction of sp³-hybridized carbons (Fsp3) is 0.364. The summed E-state index contributed by atoms with van der Waals surface area (Å²) < 4.78 is 0. The van der Waals surface area contributed by atoms with Gasteiger partial charge in [-0.2, -0.15) is 5.11 Å². The fourth-order valence-corrected chi connectivity index (χ4v) is 1.10. The molecular weight excluding hydrogens is 176 g/mol. The first kappa shape index (κ1) is 12.5. The van der Waals surface area contributed by atoms with Crippen LogP contribution >= 0.6 is 0 Å². The van der Waals surface area contributed by atoms with Gasteiger partial charge in [0.15, 0.2) is 5.78 Å². The van der Waals surface area contributed by atoms with Crippen LogP contribution < -0.4 is 0 Å². The molecule has 3 nitrogen and oxygen atoms in total. The minimum Gasteiger partial charge on any atom is -0.294 e. The van der Waals surface area contributed by atoms with Crippen molar-refractivity contribution in [1.29, 1.82) is 5.53 Å². The number of carbonyl (C=O) groups excluding carboxylic acids is 1. The van der Waals surface area contributed by atoms with E-state index < -0.39 is 0 Å². The maximum atomic E-state index is 11.2. The van der Waals surface area contributed by atoms with E-state index in [9.17, 15) is 4.79 Å². The molecule has 0 amide bonds. The molecule has 14 heavy (non-hydrogen) atoms. The molecule has 0 aromatic rings. The van der Waals surface area contributed by atoms with Crippen molar-refractivity contribution in [2.24, 2.45) is 5.11 Å². The van der Waals surface area contributed by atoms with Crippen LogP contribution in [0.15, 0.2) is 40.7 Å². The molecule has 0 rings (SSSR count). The van der Waals surface area contributed by atoms with Crippen LogP contribution in [-0.4, -0.2) is 5.78 Å². The second-order valence-electron chi connectivity index (χ2n) is 2.80. The SMILES string of the molecule is C\C=C/C(=C\CC)C(=C\N=N)/C(C)=O. The van der Waals surface area contributed by atoms with Gasteiger partial charge in [-0.05, 0) is 25.8 Å². The van der Waals surface area contributed by atoms with E-state index in [1.54, 1.807) is 0 Å². The van der Waals surface area contributed by atoms with E-state index >= 15 is 0 Å². The molecule has 0 aliphatic carbocycles. The Bertz CT molecular complexity index is 298. The average molecular weight is 192 g/mol. The third-order valence-corrected chi connectivity index (χ3v) is 1.65. The molecule has 0 aliphatic heterocycles. The normalized spacial score (nSPS) is 13.4. The molecule has 76 valence electrons. The Hall–Kier alpha value is -1.51. The van der Waals surface area contributed by atoms with E-state index in [2.05, 4.69) is 5.11 Å². The molecular formula is C11H16N2O. The molecule has 0 aliphatic rings. The van der Waals surface area contributed by atoms with Crippen LogP contribution in [0.5, 0.6) is 0 Å². The molecule has 0 aromatic carbocycles. The summed E-state index contributed by atoms with van der Waals surface area (Å²) in [5.74, 6) is -0.0706. The number of Topliss-reactive ketones (excluding diaryl/α,β-unsaturated/α-hetero) is 1. The fourth-order valence-electron chi connectivity index (χ4n) is 1.10. The van der Waals surface area contributed by atoms with Crippen LogP contribution in [0, 0.1) is 5.53 Å². The largest absolute Gasteiger partial charge is 0.294 e. The zero-order valence-corrected chi connectivity index (χ0v) is 8.87. The monoisotopic (exact) mass is 192 g/mol. The van der Waals surface area contributed by atoms with Crippen LogP contribution in [0.3, 0.4) is 0 Å². The summed E-state index contributed by atoms with van der Waals surface area (Å²) in [7, 11) is 0. The standard InChI is InChI=1S/C11H16N2O/c1-4-6-10(7-5-2)11(8-13-12)9(3)14/h4,6-8,12H,5H2,1-3H3/b6-4-,10-7+,11-8-,13-12?. The summed E-state index contributed by atoms with van der Waals surface area (Å²) in [6, 6.07) is 0. The van der Waals surface area contributed by atoms with Crippen molar-refractivity contribution in [1.82, 2.24) is 0 Å². The van der Waals surface area contributed by atoms with Crippen molar-refractivity contribution >= 4 is 5.78 Å². The number of hydrogen-bond acceptors (Lipinski definition) is 3. The molecule has 0 aromatic heterocycles. The molecule has 0 heterocycles. The molecule has 1 N–H and O–H groups in total. The average Bonchev–Trinajstić information content (AvgIpc) is 2.13. The van der Waals surface area contributed by atoms with Crippen LogP contribution in [0.2, 0.25) is 0 Å². The lowest BCUT2D eigenvalue weighted by Crippen LogP contribution is -1.98. The van der Waals surface area contributed by atoms with Gasteiger partial charge in [-0.15, -0.1) is 0 Å². The zero-order chi connectivity index (χ0) is 11.0. The Labute approximate surface area is 84.7 Å².